The van der Waals surface area contributed by atoms with Crippen LogP contribution >= 0.6 is 0 Å². The van der Waals surface area contributed by atoms with E-state index in [-0.39, 0.29) is 6.85 Å². The van der Waals surface area contributed by atoms with E-state index in [1.165, 1.54) is 104 Å². The minimum atomic E-state index is 0.0181. The van der Waals surface area contributed by atoms with Crippen LogP contribution in [-0.2, 0) is 12.8 Å². The molecule has 0 atom stereocenters. The van der Waals surface area contributed by atoms with Gasteiger partial charge in [0.1, 0.15) is 0 Å². The van der Waals surface area contributed by atoms with Crippen LogP contribution in [0.3, 0.4) is 0 Å². The summed E-state index contributed by atoms with van der Waals surface area (Å²) in [6.07, 6.45) is 13.6. The molecule has 0 amide bonds. The summed E-state index contributed by atoms with van der Waals surface area (Å²) in [7, 11) is 0. The van der Waals surface area contributed by atoms with Crippen LogP contribution in [0.4, 0.5) is 0 Å². The van der Waals surface area contributed by atoms with Crippen LogP contribution in [0, 0.1) is 32.5 Å². The third kappa shape index (κ3) is 6.46. The molecular weight excluding hydrogens is 699 g/mol. The Morgan fingerprint density at radius 3 is 2.21 bits per heavy atom. The first-order valence-corrected chi connectivity index (χ1v) is 20.9. The number of nitrogens with zero attached hydrogens (tertiary/aromatic N) is 2. The Balaban J connectivity index is 0.000000217. The molecule has 0 saturated heterocycles. The molecule has 0 radical (unpaired) electrons. The summed E-state index contributed by atoms with van der Waals surface area (Å²) in [5.41, 5.74) is 15.4. The van der Waals surface area contributed by atoms with Crippen molar-refractivity contribution in [3.05, 3.63) is 170 Å². The van der Waals surface area contributed by atoms with Crippen LogP contribution in [0.5, 0.6) is 0 Å². The first-order chi connectivity index (χ1) is 28.1. The van der Waals surface area contributed by atoms with E-state index in [0.717, 1.165) is 36.2 Å². The topological polar surface area (TPSA) is 17.3 Å². The first kappa shape index (κ1) is 38.8. The number of rotatable bonds is 5. The lowest BCUT2D eigenvalue weighted by Gasteiger charge is -2.16. The molecular formula is C55H53BN2. The highest BCUT2D eigenvalue weighted by molar-refractivity contribution is 6.65. The van der Waals surface area contributed by atoms with Gasteiger partial charge in [-0.15, -0.1) is 5.82 Å². The SMILES string of the molecule is C=C/C=c1/c(C)ccc2ccc3c(c12)CC=CC=3.CCC1=C(C)/C(=C(\C)c2c(C)c(CC)c(C)n2B(C)C#Cc2ccc3ccc4cccc5ccc2c3c45)N=C1C. The van der Waals surface area contributed by atoms with Gasteiger partial charge in [0, 0.05) is 22.7 Å². The number of fused-ring (bicyclic) bond motifs is 3. The molecule has 3 heteroatoms. The maximum absolute atomic E-state index is 5.05. The first-order valence-electron chi connectivity index (χ1n) is 20.9. The summed E-state index contributed by atoms with van der Waals surface area (Å²) < 4.78 is 2.46. The molecule has 2 nitrogen and oxygen atoms in total. The maximum atomic E-state index is 5.05. The smallest absolute Gasteiger partial charge is 0.343 e. The quantitative estimate of drug-likeness (QED) is 0.0946. The molecule has 0 saturated carbocycles. The van der Waals surface area contributed by atoms with Gasteiger partial charge in [-0.25, -0.2) is 0 Å². The fraction of sp³-hybridized carbons (Fsp3) is 0.218. The molecule has 0 N–H and O–H groups in total. The van der Waals surface area contributed by atoms with Gasteiger partial charge in [-0.1, -0.05) is 136 Å². The Morgan fingerprint density at radius 1 is 0.828 bits per heavy atom. The van der Waals surface area contributed by atoms with Gasteiger partial charge in [0.2, 0.25) is 0 Å². The second-order valence-corrected chi connectivity index (χ2v) is 16.0. The van der Waals surface area contributed by atoms with Crippen molar-refractivity contribution >= 4 is 73.4 Å². The minimum Gasteiger partial charge on any atom is -0.377 e. The Bertz CT molecular complexity index is 3130. The molecule has 6 aromatic carbocycles. The molecule has 58 heavy (non-hydrogen) atoms. The summed E-state index contributed by atoms with van der Waals surface area (Å²) in [5.74, 6) is 7.28. The largest absolute Gasteiger partial charge is 0.377 e. The van der Waals surface area contributed by atoms with Gasteiger partial charge in [0.25, 0.3) is 0 Å². The lowest BCUT2D eigenvalue weighted by molar-refractivity contribution is 1.04. The van der Waals surface area contributed by atoms with Crippen LogP contribution in [0.2, 0.25) is 6.82 Å². The van der Waals surface area contributed by atoms with Gasteiger partial charge in [-0.05, 0) is 159 Å². The lowest BCUT2D eigenvalue weighted by atomic mass is 9.65. The van der Waals surface area contributed by atoms with Crippen molar-refractivity contribution in [3.8, 4) is 11.7 Å². The van der Waals surface area contributed by atoms with Gasteiger partial charge < -0.3 is 4.48 Å². The molecule has 0 spiro atoms. The third-order valence-electron chi connectivity index (χ3n) is 12.7. The number of allylic oxidation sites excluding steroid dienone is 6. The summed E-state index contributed by atoms with van der Waals surface area (Å²) >= 11 is 0. The summed E-state index contributed by atoms with van der Waals surface area (Å²) in [5, 5.41) is 13.1. The molecule has 0 fully saturated rings. The van der Waals surface area contributed by atoms with E-state index >= 15 is 0 Å². The highest BCUT2D eigenvalue weighted by atomic mass is 14.9. The van der Waals surface area contributed by atoms with E-state index in [1.54, 1.807) is 0 Å². The molecule has 9 rings (SSSR count). The molecule has 1 aromatic heterocycles. The Hall–Kier alpha value is -6.11. The normalized spacial score (nSPS) is 14.7. The molecule has 2 heterocycles. The molecule has 7 aromatic rings. The van der Waals surface area contributed by atoms with Crippen molar-refractivity contribution in [1.82, 2.24) is 4.48 Å². The van der Waals surface area contributed by atoms with E-state index in [9.17, 15) is 0 Å². The Kier molecular flexibility index (Phi) is 10.5. The van der Waals surface area contributed by atoms with Crippen LogP contribution in [0.15, 0.2) is 126 Å². The third-order valence-corrected chi connectivity index (χ3v) is 12.7. The van der Waals surface area contributed by atoms with Crippen molar-refractivity contribution < 1.29 is 0 Å². The predicted molar refractivity (Wildman–Crippen MR) is 256 cm³/mol. The molecule has 286 valence electrons. The van der Waals surface area contributed by atoms with E-state index in [2.05, 4.69) is 188 Å². The number of aryl methyl sites for hydroxylation is 1. The van der Waals surface area contributed by atoms with Crippen molar-refractivity contribution in [2.75, 3.05) is 0 Å². The van der Waals surface area contributed by atoms with Gasteiger partial charge in [-0.3, -0.25) is 4.99 Å². The van der Waals surface area contributed by atoms with Crippen molar-refractivity contribution in [3.63, 3.8) is 0 Å². The molecule has 1 aliphatic heterocycles. The minimum absolute atomic E-state index is 0.0181. The second-order valence-electron chi connectivity index (χ2n) is 16.0. The Labute approximate surface area is 344 Å². The van der Waals surface area contributed by atoms with Gasteiger partial charge in [-0.2, -0.15) is 0 Å². The van der Waals surface area contributed by atoms with Crippen molar-refractivity contribution in [2.45, 2.75) is 81.5 Å². The standard InChI is InChI=1S/C37H37BN2.C18H16/c1-9-31-22(3)36(39-25(31)6)24(5)37-23(4)32(10-2)26(7)40(37)38(8)21-20-27-14-15-30-17-16-28-12-11-13-29-18-19-33(27)35(30)34(28)29;1-3-6-16-13(2)9-10-15-12-11-14-7-4-5-8-17(14)18(15)16/h11-19H,9-10H2,1-8H3;3-7,9-12H,1,8H2,2H3/b36-24-;16-6-. The number of aromatic nitrogens is 1. The average molecular weight is 753 g/mol. The summed E-state index contributed by atoms with van der Waals surface area (Å²) in [6, 6.07) is 28.8. The zero-order valence-electron chi connectivity index (χ0n) is 35.7. The molecule has 1 aliphatic carbocycles. The number of aliphatic imine (C=N–C) groups is 1. The lowest BCUT2D eigenvalue weighted by Crippen LogP contribution is -2.22. The summed E-state index contributed by atoms with van der Waals surface area (Å²) in [4.78, 5) is 5.05. The van der Waals surface area contributed by atoms with Gasteiger partial charge in [0.05, 0.1) is 5.70 Å². The number of hydrogen-bond acceptors (Lipinski definition) is 1. The second kappa shape index (κ2) is 15.7. The predicted octanol–water partition coefficient (Wildman–Crippen LogP) is 12.6. The van der Waals surface area contributed by atoms with Crippen LogP contribution < -0.4 is 10.4 Å². The fourth-order valence-electron chi connectivity index (χ4n) is 9.90. The average Bonchev–Trinajstić information content (AvgIpc) is 3.68. The highest BCUT2D eigenvalue weighted by Gasteiger charge is 2.26. The maximum Gasteiger partial charge on any atom is 0.343 e. The van der Waals surface area contributed by atoms with Gasteiger partial charge in [0.15, 0.2) is 0 Å². The molecule has 2 aliphatic rings. The van der Waals surface area contributed by atoms with Crippen molar-refractivity contribution in [1.29, 1.82) is 0 Å². The number of hydrogen-bond donors (Lipinski definition) is 0. The van der Waals surface area contributed by atoms with Crippen LogP contribution in [0.25, 0.3) is 60.8 Å². The van der Waals surface area contributed by atoms with E-state index in [4.69, 9.17) is 4.99 Å². The van der Waals surface area contributed by atoms with Gasteiger partial charge >= 0.3 is 6.85 Å². The van der Waals surface area contributed by atoms with Crippen LogP contribution in [0.1, 0.15) is 80.2 Å². The van der Waals surface area contributed by atoms with E-state index in [0.29, 0.717) is 0 Å². The molecule has 0 unspecified atom stereocenters. The van der Waals surface area contributed by atoms with Crippen LogP contribution in [-0.4, -0.2) is 17.0 Å². The number of benzene rings is 6. The van der Waals surface area contributed by atoms with Crippen molar-refractivity contribution in [2.24, 2.45) is 4.99 Å². The highest BCUT2D eigenvalue weighted by Crippen LogP contribution is 2.38. The van der Waals surface area contributed by atoms with E-state index in [1.807, 2.05) is 6.08 Å². The Morgan fingerprint density at radius 2 is 1.50 bits per heavy atom. The fourth-order valence-corrected chi connectivity index (χ4v) is 9.90. The van der Waals surface area contributed by atoms with E-state index < -0.39 is 0 Å². The zero-order chi connectivity index (χ0) is 40.8. The zero-order valence-corrected chi connectivity index (χ0v) is 35.7. The molecule has 0 bridgehead atoms. The monoisotopic (exact) mass is 752 g/mol. The summed E-state index contributed by atoms with van der Waals surface area (Å²) in [6.45, 7) is 23.9.